The van der Waals surface area contributed by atoms with Crippen molar-refractivity contribution in [3.05, 3.63) is 51.6 Å². The summed E-state index contributed by atoms with van der Waals surface area (Å²) < 4.78 is 24.2. The minimum absolute atomic E-state index is 0.0223. The van der Waals surface area contributed by atoms with Gasteiger partial charge in [0.05, 0.1) is 36.0 Å². The van der Waals surface area contributed by atoms with E-state index in [9.17, 15) is 34.8 Å². The number of piperazine rings is 1. The lowest BCUT2D eigenvalue weighted by Crippen LogP contribution is -2.55. The second-order valence-corrected chi connectivity index (χ2v) is 12.1. The Balaban J connectivity index is 1.32. The van der Waals surface area contributed by atoms with Crippen LogP contribution in [0, 0.1) is 0 Å². The van der Waals surface area contributed by atoms with Gasteiger partial charge in [0.25, 0.3) is 0 Å². The molecule has 0 amide bonds. The van der Waals surface area contributed by atoms with Crippen molar-refractivity contribution in [1.82, 2.24) is 10.2 Å². The number of carbonyl (C=O) groups excluding carboxylic acids is 3. The highest BCUT2D eigenvalue weighted by Gasteiger charge is 2.53. The number of methoxy groups -OCH3 is 1. The summed E-state index contributed by atoms with van der Waals surface area (Å²) in [7, 11) is 1.35. The Morgan fingerprint density at radius 2 is 1.91 bits per heavy atom. The van der Waals surface area contributed by atoms with Crippen LogP contribution in [0.4, 0.5) is 0 Å². The van der Waals surface area contributed by atoms with Crippen LogP contribution < -0.4 is 10.1 Å². The number of nitrogens with one attached hydrogen (secondary N) is 1. The number of fused-ring (bicyclic) bond motifs is 6. The Labute approximate surface area is 252 Å². The van der Waals surface area contributed by atoms with Crippen molar-refractivity contribution in [3.63, 3.8) is 0 Å². The second kappa shape index (κ2) is 10.6. The first kappa shape index (κ1) is 29.3. The molecular formula is C31H34N2O11. The average molecular weight is 611 g/mol. The fourth-order valence-electron chi connectivity index (χ4n) is 7.59. The lowest BCUT2D eigenvalue weighted by Gasteiger charge is -2.43. The molecule has 3 saturated heterocycles. The van der Waals surface area contributed by atoms with Crippen molar-refractivity contribution in [2.24, 2.45) is 0 Å². The zero-order chi connectivity index (χ0) is 31.1. The first-order valence-electron chi connectivity index (χ1n) is 14.7. The van der Waals surface area contributed by atoms with Gasteiger partial charge in [0, 0.05) is 61.6 Å². The van der Waals surface area contributed by atoms with Crippen LogP contribution in [0.2, 0.25) is 0 Å². The maximum absolute atomic E-state index is 13.8. The van der Waals surface area contributed by atoms with Gasteiger partial charge in [-0.2, -0.15) is 0 Å². The molecule has 3 heterocycles. The molecule has 3 aliphatic heterocycles. The quantitative estimate of drug-likeness (QED) is 0.249. The third-order valence-corrected chi connectivity index (χ3v) is 9.67. The summed E-state index contributed by atoms with van der Waals surface area (Å²) in [5, 5.41) is 47.7. The van der Waals surface area contributed by atoms with Gasteiger partial charge in [-0.25, -0.2) is 0 Å². The van der Waals surface area contributed by atoms with Crippen molar-refractivity contribution in [2.45, 2.75) is 68.7 Å². The van der Waals surface area contributed by atoms with Crippen LogP contribution in [0.15, 0.2) is 18.2 Å². The van der Waals surface area contributed by atoms with Gasteiger partial charge in [-0.05, 0) is 13.0 Å². The molecule has 3 fully saturated rings. The summed E-state index contributed by atoms with van der Waals surface area (Å²) in [6.45, 7) is 3.13. The molecule has 0 spiro atoms. The van der Waals surface area contributed by atoms with Crippen molar-refractivity contribution in [3.8, 4) is 17.2 Å². The fourth-order valence-corrected chi connectivity index (χ4v) is 7.59. The van der Waals surface area contributed by atoms with Crippen LogP contribution in [0.5, 0.6) is 17.2 Å². The van der Waals surface area contributed by atoms with E-state index in [0.717, 1.165) is 13.1 Å². The predicted octanol–water partition coefficient (Wildman–Crippen LogP) is 0.312. The number of rotatable bonds is 5. The molecule has 2 aromatic rings. The molecule has 234 valence electrons. The van der Waals surface area contributed by atoms with Gasteiger partial charge in [0.2, 0.25) is 5.78 Å². The standard InChI is InChI=1S/C31H34N2O11/c1-13-30-16(33-7-6-32-11-20(33)44-30)8-21(42-13)43-18-10-31(40,19(35)12-34)9-15-23(18)29(39)25-24(27(15)37)26(36)14-4-3-5-17(41-2)22(14)28(25)38/h3-5,13,16,18,20-21,30,32,34,37,39-40H,6-12H2,1-2H3/t13-,16-,18-,20+,21-,30+,31-/m0/s1. The topological polar surface area (TPSA) is 184 Å². The lowest BCUT2D eigenvalue weighted by molar-refractivity contribution is -0.247. The summed E-state index contributed by atoms with van der Waals surface area (Å²) in [6, 6.07) is 4.42. The number of hydrogen-bond donors (Lipinski definition) is 5. The number of aromatic hydroxyl groups is 2. The van der Waals surface area contributed by atoms with Crippen LogP contribution >= 0.6 is 0 Å². The number of ether oxygens (including phenoxy) is 4. The molecule has 0 bridgehead atoms. The third kappa shape index (κ3) is 4.22. The predicted molar refractivity (Wildman–Crippen MR) is 150 cm³/mol. The van der Waals surface area contributed by atoms with E-state index in [1.807, 2.05) is 6.92 Å². The van der Waals surface area contributed by atoms with Gasteiger partial charge < -0.3 is 44.7 Å². The first-order valence-corrected chi connectivity index (χ1v) is 14.7. The summed E-state index contributed by atoms with van der Waals surface area (Å²) in [6.07, 6.45) is -3.36. The van der Waals surface area contributed by atoms with Crippen molar-refractivity contribution in [2.75, 3.05) is 33.4 Å². The zero-order valence-corrected chi connectivity index (χ0v) is 24.2. The highest BCUT2D eigenvalue weighted by atomic mass is 16.7. The number of phenolic OH excluding ortho intramolecular Hbond substituents is 2. The number of hydrogen-bond acceptors (Lipinski definition) is 13. The van der Waals surface area contributed by atoms with Gasteiger partial charge >= 0.3 is 0 Å². The molecule has 44 heavy (non-hydrogen) atoms. The van der Waals surface area contributed by atoms with Crippen LogP contribution in [0.25, 0.3) is 0 Å². The molecule has 7 atom stereocenters. The van der Waals surface area contributed by atoms with Crippen LogP contribution in [-0.4, -0.2) is 112 Å². The molecule has 13 heteroatoms. The van der Waals surface area contributed by atoms with E-state index in [-0.39, 0.29) is 52.5 Å². The van der Waals surface area contributed by atoms with Gasteiger partial charge in [-0.15, -0.1) is 0 Å². The maximum atomic E-state index is 13.8. The van der Waals surface area contributed by atoms with Gasteiger partial charge in [0.1, 0.15) is 41.8 Å². The number of ketones is 3. The average Bonchev–Trinajstić information content (AvgIpc) is 3.39. The maximum Gasteiger partial charge on any atom is 0.202 e. The van der Waals surface area contributed by atoms with Crippen LogP contribution in [0.1, 0.15) is 68.8 Å². The summed E-state index contributed by atoms with van der Waals surface area (Å²) >= 11 is 0. The highest BCUT2D eigenvalue weighted by molar-refractivity contribution is 6.31. The van der Waals surface area contributed by atoms with Gasteiger partial charge in [-0.1, -0.05) is 12.1 Å². The van der Waals surface area contributed by atoms with E-state index in [2.05, 4.69) is 10.2 Å². The highest BCUT2D eigenvalue weighted by Crippen LogP contribution is 2.53. The Morgan fingerprint density at radius 3 is 2.66 bits per heavy atom. The Morgan fingerprint density at radius 1 is 1.14 bits per heavy atom. The zero-order valence-electron chi connectivity index (χ0n) is 24.2. The Kier molecular flexibility index (Phi) is 7.05. The van der Waals surface area contributed by atoms with E-state index >= 15 is 0 Å². The molecule has 5 N–H and O–H groups in total. The molecule has 13 nitrogen and oxygen atoms in total. The minimum atomic E-state index is -2.20. The fraction of sp³-hybridized carbons (Fsp3) is 0.516. The Hall–Kier alpha value is -3.43. The van der Waals surface area contributed by atoms with Crippen LogP contribution in [0.3, 0.4) is 0 Å². The second-order valence-electron chi connectivity index (χ2n) is 12.1. The minimum Gasteiger partial charge on any atom is -0.507 e. The SMILES string of the molecule is COc1cccc2c1C(=O)c1c(O)c3c(c(O)c1C2=O)C[C@@](O)(C(=O)CO)C[C@@H]3O[C@H]1C[C@H]2[C@H](O[C@@H]3CNCCN32)[C@H](C)O1. The summed E-state index contributed by atoms with van der Waals surface area (Å²) in [5.74, 6) is -3.50. The van der Waals surface area contributed by atoms with Gasteiger partial charge in [-0.3, -0.25) is 19.3 Å². The number of carbonyl (C=O) groups is 3. The third-order valence-electron chi connectivity index (χ3n) is 9.67. The first-order chi connectivity index (χ1) is 21.1. The van der Waals surface area contributed by atoms with Gasteiger partial charge in [0.15, 0.2) is 17.9 Å². The van der Waals surface area contributed by atoms with Crippen LogP contribution in [-0.2, 0) is 25.4 Å². The molecule has 5 aliphatic rings. The number of Topliss-reactive ketones (excluding diaryl/α,β-unsaturated/α-hetero) is 1. The summed E-state index contributed by atoms with van der Waals surface area (Å²) in [5.41, 5.74) is -3.28. The van der Waals surface area contributed by atoms with E-state index in [1.165, 1.54) is 25.3 Å². The molecule has 0 radical (unpaired) electrons. The number of nitrogens with zero attached hydrogens (tertiary/aromatic N) is 1. The molecule has 7 rings (SSSR count). The lowest BCUT2D eigenvalue weighted by atomic mass is 9.72. The van der Waals surface area contributed by atoms with E-state index < -0.39 is 77.4 Å². The van der Waals surface area contributed by atoms with E-state index in [1.54, 1.807) is 0 Å². The smallest absolute Gasteiger partial charge is 0.202 e. The molecular weight excluding hydrogens is 576 g/mol. The number of benzene rings is 2. The normalized spacial score (nSPS) is 32.7. The number of aliphatic hydroxyl groups is 2. The van der Waals surface area contributed by atoms with Crippen molar-refractivity contribution < 1.29 is 53.8 Å². The largest absolute Gasteiger partial charge is 0.507 e. The molecule has 2 aliphatic carbocycles. The molecule has 0 unspecified atom stereocenters. The number of phenols is 2. The van der Waals surface area contributed by atoms with Crippen molar-refractivity contribution in [1.29, 1.82) is 0 Å². The molecule has 0 saturated carbocycles. The summed E-state index contributed by atoms with van der Waals surface area (Å²) in [4.78, 5) is 42.6. The number of aliphatic hydroxyl groups excluding tert-OH is 1. The Bertz CT molecular complexity index is 1570. The van der Waals surface area contributed by atoms with E-state index in [0.29, 0.717) is 13.0 Å². The monoisotopic (exact) mass is 610 g/mol. The molecule has 0 aromatic heterocycles. The van der Waals surface area contributed by atoms with Crippen molar-refractivity contribution >= 4 is 17.3 Å². The molecule has 2 aromatic carbocycles. The van der Waals surface area contributed by atoms with E-state index in [4.69, 9.17) is 18.9 Å².